The van der Waals surface area contributed by atoms with Crippen LogP contribution in [0.1, 0.15) is 27.3 Å². The van der Waals surface area contributed by atoms with E-state index in [-0.39, 0.29) is 11.5 Å². The van der Waals surface area contributed by atoms with Crippen molar-refractivity contribution in [2.45, 2.75) is 25.4 Å². The fourth-order valence-corrected chi connectivity index (χ4v) is 3.86. The van der Waals surface area contributed by atoms with Crippen molar-refractivity contribution in [3.8, 4) is 0 Å². The van der Waals surface area contributed by atoms with E-state index in [9.17, 15) is 10.0 Å². The Hall–Kier alpha value is -2.24. The molecule has 2 heterocycles. The first-order valence-electron chi connectivity index (χ1n) is 8.21. The minimum absolute atomic E-state index is 0.0114. The number of Topliss-reactive ketones (excluding diaryl/α,β-unsaturated/α-hetero) is 1. The van der Waals surface area contributed by atoms with Crippen LogP contribution < -0.4 is 4.73 Å². The quantitative estimate of drug-likeness (QED) is 0.273. The van der Waals surface area contributed by atoms with Crippen molar-refractivity contribution in [1.29, 1.82) is 0 Å². The van der Waals surface area contributed by atoms with Crippen molar-refractivity contribution in [3.63, 3.8) is 0 Å². The molecule has 0 unspecified atom stereocenters. The normalized spacial score (nSPS) is 10.9. The highest BCUT2D eigenvalue weighted by Gasteiger charge is 2.18. The number of benzene rings is 1. The predicted octanol–water partition coefficient (Wildman–Crippen LogP) is 4.42. The molecule has 26 heavy (non-hydrogen) atoms. The van der Waals surface area contributed by atoms with Gasteiger partial charge in [0.05, 0.1) is 5.75 Å². The molecule has 6 heteroatoms. The minimum Gasteiger partial charge on any atom is -0.618 e. The first kappa shape index (κ1) is 18.5. The number of thioether (sulfide) groups is 1. The summed E-state index contributed by atoms with van der Waals surface area (Å²) >= 11 is 7.52. The maximum Gasteiger partial charge on any atom is 0.251 e. The zero-order valence-corrected chi connectivity index (χ0v) is 16.2. The summed E-state index contributed by atoms with van der Waals surface area (Å²) in [6.45, 7) is 4.55. The molecule has 0 amide bonds. The summed E-state index contributed by atoms with van der Waals surface area (Å²) in [4.78, 5) is 12.7. The number of pyridine rings is 1. The topological polar surface area (TPSA) is 48.9 Å². The van der Waals surface area contributed by atoms with Gasteiger partial charge < -0.3 is 9.77 Å². The lowest BCUT2D eigenvalue weighted by Gasteiger charge is -2.11. The van der Waals surface area contributed by atoms with Gasteiger partial charge in [0, 0.05) is 40.7 Å². The van der Waals surface area contributed by atoms with Gasteiger partial charge in [-0.15, -0.1) is 0 Å². The van der Waals surface area contributed by atoms with Crippen molar-refractivity contribution in [3.05, 3.63) is 87.5 Å². The summed E-state index contributed by atoms with van der Waals surface area (Å²) in [5.74, 6) is 0.236. The molecular formula is C20H19ClN2O2S. The zero-order valence-electron chi connectivity index (χ0n) is 14.6. The summed E-state index contributed by atoms with van der Waals surface area (Å²) in [5, 5.41) is 12.9. The van der Waals surface area contributed by atoms with E-state index in [1.165, 1.54) is 18.0 Å². The van der Waals surface area contributed by atoms with Gasteiger partial charge in [-0.1, -0.05) is 29.8 Å². The van der Waals surface area contributed by atoms with E-state index in [2.05, 4.69) is 4.57 Å². The molecule has 0 saturated carbocycles. The van der Waals surface area contributed by atoms with Gasteiger partial charge in [0.15, 0.2) is 12.0 Å². The Balaban J connectivity index is 1.78. The number of carbonyl (C=O) groups excluding carboxylic acids is 1. The molecule has 0 radical (unpaired) electrons. The van der Waals surface area contributed by atoms with Gasteiger partial charge in [-0.25, -0.2) is 0 Å². The van der Waals surface area contributed by atoms with Crippen LogP contribution in [-0.4, -0.2) is 16.1 Å². The fourth-order valence-electron chi connectivity index (χ4n) is 2.87. The van der Waals surface area contributed by atoms with Gasteiger partial charge >= 0.3 is 0 Å². The zero-order chi connectivity index (χ0) is 18.7. The molecule has 3 aromatic rings. The smallest absolute Gasteiger partial charge is 0.251 e. The molecule has 4 nitrogen and oxygen atoms in total. The summed E-state index contributed by atoms with van der Waals surface area (Å²) in [5.41, 5.74) is 3.63. The van der Waals surface area contributed by atoms with Gasteiger partial charge in [-0.3, -0.25) is 4.79 Å². The van der Waals surface area contributed by atoms with Gasteiger partial charge in [-0.05, 0) is 49.4 Å². The number of halogens is 1. The van der Waals surface area contributed by atoms with Gasteiger partial charge in [0.25, 0.3) is 5.03 Å². The Bertz CT molecular complexity index is 953. The van der Waals surface area contributed by atoms with Crippen LogP contribution in [0.3, 0.4) is 0 Å². The molecule has 0 aliphatic heterocycles. The molecule has 3 rings (SSSR count). The van der Waals surface area contributed by atoms with Crippen molar-refractivity contribution < 1.29 is 9.52 Å². The molecule has 0 bridgehead atoms. The Labute approximate surface area is 162 Å². The van der Waals surface area contributed by atoms with Crippen molar-refractivity contribution in [2.75, 3.05) is 5.75 Å². The Morgan fingerprint density at radius 2 is 1.92 bits per heavy atom. The third kappa shape index (κ3) is 3.94. The van der Waals surface area contributed by atoms with Crippen LogP contribution in [0.25, 0.3) is 0 Å². The number of hydrogen-bond donors (Lipinski definition) is 0. The van der Waals surface area contributed by atoms with E-state index in [1.54, 1.807) is 18.2 Å². The molecule has 0 N–H and O–H groups in total. The number of aromatic nitrogens is 2. The second kappa shape index (κ2) is 7.98. The summed E-state index contributed by atoms with van der Waals surface area (Å²) < 4.78 is 2.87. The standard InChI is InChI=1S/C20H19ClN2O2S/c1-14-11-17(19(24)13-26-20-9-5-6-10-23(20)25)15(2)22(14)12-16-7-3-4-8-18(16)21/h3-11H,12-13H2,1-2H3. The molecular weight excluding hydrogens is 368 g/mol. The highest BCUT2D eigenvalue weighted by atomic mass is 35.5. The predicted molar refractivity (Wildman–Crippen MR) is 105 cm³/mol. The van der Waals surface area contributed by atoms with Crippen molar-refractivity contribution in [2.24, 2.45) is 0 Å². The second-order valence-corrected chi connectivity index (χ2v) is 7.44. The van der Waals surface area contributed by atoms with Crippen LogP contribution in [0.4, 0.5) is 0 Å². The average molecular weight is 387 g/mol. The van der Waals surface area contributed by atoms with Crippen LogP contribution in [0, 0.1) is 19.1 Å². The molecule has 0 aliphatic rings. The Kier molecular flexibility index (Phi) is 5.69. The largest absolute Gasteiger partial charge is 0.618 e. The summed E-state index contributed by atoms with van der Waals surface area (Å²) in [6.07, 6.45) is 1.43. The minimum atomic E-state index is 0.0114. The number of nitrogens with zero attached hydrogens (tertiary/aromatic N) is 2. The molecule has 0 fully saturated rings. The van der Waals surface area contributed by atoms with Crippen LogP contribution in [0.15, 0.2) is 59.8 Å². The third-order valence-electron chi connectivity index (χ3n) is 4.30. The van der Waals surface area contributed by atoms with Crippen LogP contribution in [0.5, 0.6) is 0 Å². The van der Waals surface area contributed by atoms with Crippen LogP contribution in [0.2, 0.25) is 5.02 Å². The molecule has 134 valence electrons. The van der Waals surface area contributed by atoms with Crippen LogP contribution >= 0.6 is 23.4 Å². The highest BCUT2D eigenvalue weighted by Crippen LogP contribution is 2.23. The molecule has 0 aliphatic carbocycles. The first-order chi connectivity index (χ1) is 12.5. The third-order valence-corrected chi connectivity index (χ3v) is 5.69. The van der Waals surface area contributed by atoms with E-state index in [4.69, 9.17) is 11.6 Å². The lowest BCUT2D eigenvalue weighted by Crippen LogP contribution is -2.28. The number of rotatable bonds is 6. The molecule has 0 atom stereocenters. The van der Waals surface area contributed by atoms with Gasteiger partial charge in [-0.2, -0.15) is 4.73 Å². The number of aryl methyl sites for hydroxylation is 1. The Morgan fingerprint density at radius 3 is 2.65 bits per heavy atom. The summed E-state index contributed by atoms with van der Waals surface area (Å²) in [6, 6.07) is 14.8. The van der Waals surface area contributed by atoms with E-state index >= 15 is 0 Å². The summed E-state index contributed by atoms with van der Waals surface area (Å²) in [7, 11) is 0. The molecule has 0 spiro atoms. The van der Waals surface area contributed by atoms with Gasteiger partial charge in [0.2, 0.25) is 0 Å². The lowest BCUT2D eigenvalue weighted by molar-refractivity contribution is -0.645. The van der Waals surface area contributed by atoms with E-state index in [0.29, 0.717) is 22.2 Å². The number of hydrogen-bond acceptors (Lipinski definition) is 3. The molecule has 0 saturated heterocycles. The average Bonchev–Trinajstić information content (AvgIpc) is 2.91. The van der Waals surface area contributed by atoms with E-state index < -0.39 is 0 Å². The maximum atomic E-state index is 12.7. The molecule has 2 aromatic heterocycles. The van der Waals surface area contributed by atoms with E-state index in [0.717, 1.165) is 21.7 Å². The first-order valence-corrected chi connectivity index (χ1v) is 9.58. The monoisotopic (exact) mass is 386 g/mol. The van der Waals surface area contributed by atoms with E-state index in [1.807, 2.05) is 44.2 Å². The highest BCUT2D eigenvalue weighted by molar-refractivity contribution is 7.99. The van der Waals surface area contributed by atoms with Crippen LogP contribution in [-0.2, 0) is 6.54 Å². The fraction of sp³-hybridized carbons (Fsp3) is 0.200. The van der Waals surface area contributed by atoms with Crippen molar-refractivity contribution in [1.82, 2.24) is 4.57 Å². The number of carbonyl (C=O) groups is 1. The second-order valence-electron chi connectivity index (χ2n) is 6.04. The van der Waals surface area contributed by atoms with Gasteiger partial charge in [0.1, 0.15) is 0 Å². The Morgan fingerprint density at radius 1 is 1.19 bits per heavy atom. The SMILES string of the molecule is Cc1cc(C(=O)CSc2cccc[n+]2[O-])c(C)n1Cc1ccccc1Cl. The molecule has 1 aromatic carbocycles. The number of ketones is 1. The van der Waals surface area contributed by atoms with Crippen molar-refractivity contribution >= 4 is 29.1 Å². The lowest BCUT2D eigenvalue weighted by atomic mass is 10.2. The maximum absolute atomic E-state index is 12.7.